The molecule has 0 radical (unpaired) electrons. The van der Waals surface area contributed by atoms with Crippen molar-refractivity contribution in [2.24, 2.45) is 11.3 Å². The first-order valence-electron chi connectivity index (χ1n) is 6.55. The van der Waals surface area contributed by atoms with E-state index in [4.69, 9.17) is 23.2 Å². The molecular weight excluding hydrogens is 295 g/mol. The van der Waals surface area contributed by atoms with E-state index in [-0.39, 0.29) is 11.9 Å². The van der Waals surface area contributed by atoms with Crippen molar-refractivity contribution in [1.29, 1.82) is 5.26 Å². The molecule has 1 atom stereocenters. The number of nitriles is 1. The molecule has 1 fully saturated rings. The number of halogens is 2. The SMILES string of the molecule is CC1CC(C#N)(C(=O)NC(C)c2ccc(Cl)cc2Cl)C1. The highest BCUT2D eigenvalue weighted by atomic mass is 35.5. The van der Waals surface area contributed by atoms with Crippen LogP contribution in [-0.2, 0) is 4.79 Å². The van der Waals surface area contributed by atoms with Crippen LogP contribution in [-0.4, -0.2) is 5.91 Å². The number of hydrogen-bond acceptors (Lipinski definition) is 2. The number of amides is 1. The Balaban J connectivity index is 2.10. The van der Waals surface area contributed by atoms with Gasteiger partial charge in [0.1, 0.15) is 5.41 Å². The minimum absolute atomic E-state index is 0.211. The van der Waals surface area contributed by atoms with Gasteiger partial charge >= 0.3 is 0 Å². The molecule has 5 heteroatoms. The molecular formula is C15H16Cl2N2O. The molecule has 1 saturated carbocycles. The predicted molar refractivity (Wildman–Crippen MR) is 79.5 cm³/mol. The average molecular weight is 311 g/mol. The third-order valence-electron chi connectivity index (χ3n) is 3.82. The first kappa shape index (κ1) is 15.2. The number of hydrogen-bond donors (Lipinski definition) is 1. The zero-order chi connectivity index (χ0) is 14.9. The van der Waals surface area contributed by atoms with Crippen LogP contribution in [0.5, 0.6) is 0 Å². The van der Waals surface area contributed by atoms with E-state index in [0.717, 1.165) is 5.56 Å². The smallest absolute Gasteiger partial charge is 0.240 e. The topological polar surface area (TPSA) is 52.9 Å². The number of nitrogens with one attached hydrogen (secondary N) is 1. The first-order valence-corrected chi connectivity index (χ1v) is 7.31. The Bertz CT molecular complexity index is 574. The van der Waals surface area contributed by atoms with Crippen LogP contribution in [0.25, 0.3) is 0 Å². The second-order valence-corrected chi connectivity index (χ2v) is 6.41. The summed E-state index contributed by atoms with van der Waals surface area (Å²) in [6.07, 6.45) is 1.24. The maximum Gasteiger partial charge on any atom is 0.240 e. The Kier molecular flexibility index (Phi) is 4.27. The lowest BCUT2D eigenvalue weighted by Gasteiger charge is -2.39. The molecule has 1 aromatic carbocycles. The molecule has 3 nitrogen and oxygen atoms in total. The fourth-order valence-electron chi connectivity index (χ4n) is 2.72. The van der Waals surface area contributed by atoms with Crippen molar-refractivity contribution < 1.29 is 4.79 Å². The van der Waals surface area contributed by atoms with Gasteiger partial charge in [-0.15, -0.1) is 0 Å². The molecule has 0 bridgehead atoms. The van der Waals surface area contributed by atoms with Crippen LogP contribution in [0.1, 0.15) is 38.3 Å². The van der Waals surface area contributed by atoms with Crippen LogP contribution >= 0.6 is 23.2 Å². The van der Waals surface area contributed by atoms with E-state index in [9.17, 15) is 10.1 Å². The van der Waals surface area contributed by atoms with Crippen LogP contribution in [0.15, 0.2) is 18.2 Å². The summed E-state index contributed by atoms with van der Waals surface area (Å²) in [5, 5.41) is 13.2. The molecule has 0 heterocycles. The Hall–Kier alpha value is -1.24. The molecule has 1 N–H and O–H groups in total. The third kappa shape index (κ3) is 2.77. The molecule has 1 aromatic rings. The summed E-state index contributed by atoms with van der Waals surface area (Å²) in [5.74, 6) is 0.214. The number of carbonyl (C=O) groups is 1. The van der Waals surface area contributed by atoms with E-state index >= 15 is 0 Å². The molecule has 1 amide bonds. The molecule has 2 rings (SSSR count). The van der Waals surface area contributed by atoms with Crippen molar-refractivity contribution in [3.05, 3.63) is 33.8 Å². The maximum absolute atomic E-state index is 12.3. The Morgan fingerprint density at radius 3 is 2.65 bits per heavy atom. The summed E-state index contributed by atoms with van der Waals surface area (Å²) in [4.78, 5) is 12.3. The molecule has 0 aliphatic heterocycles. The minimum Gasteiger partial charge on any atom is -0.348 e. The van der Waals surface area contributed by atoms with E-state index in [0.29, 0.717) is 28.8 Å². The summed E-state index contributed by atoms with van der Waals surface area (Å²) in [6, 6.07) is 7.07. The second kappa shape index (κ2) is 5.63. The number of nitrogens with zero attached hydrogens (tertiary/aromatic N) is 1. The number of benzene rings is 1. The van der Waals surface area contributed by atoms with E-state index in [2.05, 4.69) is 11.4 Å². The van der Waals surface area contributed by atoms with Crippen molar-refractivity contribution in [1.82, 2.24) is 5.32 Å². The Morgan fingerprint density at radius 1 is 1.50 bits per heavy atom. The van der Waals surface area contributed by atoms with Gasteiger partial charge in [-0.1, -0.05) is 36.2 Å². The summed E-state index contributed by atoms with van der Waals surface area (Å²) >= 11 is 12.0. The van der Waals surface area contributed by atoms with Gasteiger partial charge in [-0.2, -0.15) is 5.26 Å². The van der Waals surface area contributed by atoms with Gasteiger partial charge < -0.3 is 5.32 Å². The van der Waals surface area contributed by atoms with Crippen molar-refractivity contribution in [3.63, 3.8) is 0 Å². The average Bonchev–Trinajstić information content (AvgIpc) is 2.34. The molecule has 106 valence electrons. The van der Waals surface area contributed by atoms with Crippen molar-refractivity contribution in [2.45, 2.75) is 32.7 Å². The van der Waals surface area contributed by atoms with E-state index in [1.54, 1.807) is 18.2 Å². The van der Waals surface area contributed by atoms with Gasteiger partial charge in [0.05, 0.1) is 12.1 Å². The van der Waals surface area contributed by atoms with Gasteiger partial charge in [0.2, 0.25) is 5.91 Å². The van der Waals surface area contributed by atoms with Crippen LogP contribution in [0.4, 0.5) is 0 Å². The van der Waals surface area contributed by atoms with Crippen molar-refractivity contribution in [3.8, 4) is 6.07 Å². The van der Waals surface area contributed by atoms with E-state index < -0.39 is 5.41 Å². The maximum atomic E-state index is 12.3. The summed E-state index contributed by atoms with van der Waals surface area (Å²) in [6.45, 7) is 3.89. The fraction of sp³-hybridized carbons (Fsp3) is 0.467. The summed E-state index contributed by atoms with van der Waals surface area (Å²) in [5.41, 5.74) is -0.0723. The van der Waals surface area contributed by atoms with Crippen LogP contribution in [0, 0.1) is 22.7 Å². The zero-order valence-corrected chi connectivity index (χ0v) is 12.9. The minimum atomic E-state index is -0.868. The lowest BCUT2D eigenvalue weighted by Crippen LogP contribution is -2.48. The Labute approximate surface area is 128 Å². The van der Waals surface area contributed by atoms with Gasteiger partial charge in [-0.3, -0.25) is 4.79 Å². The lowest BCUT2D eigenvalue weighted by atomic mass is 9.63. The van der Waals surface area contributed by atoms with Crippen LogP contribution in [0.2, 0.25) is 10.0 Å². The van der Waals surface area contributed by atoms with Gasteiger partial charge in [0.25, 0.3) is 0 Å². The first-order chi connectivity index (χ1) is 9.38. The van der Waals surface area contributed by atoms with Crippen molar-refractivity contribution >= 4 is 29.1 Å². The van der Waals surface area contributed by atoms with Crippen LogP contribution < -0.4 is 5.32 Å². The number of rotatable bonds is 3. The van der Waals surface area contributed by atoms with Gasteiger partial charge in [-0.05, 0) is 43.4 Å². The highest BCUT2D eigenvalue weighted by Gasteiger charge is 2.49. The highest BCUT2D eigenvalue weighted by Crippen LogP contribution is 2.45. The second-order valence-electron chi connectivity index (χ2n) is 5.57. The van der Waals surface area contributed by atoms with Crippen LogP contribution in [0.3, 0.4) is 0 Å². The molecule has 1 unspecified atom stereocenters. The highest BCUT2D eigenvalue weighted by molar-refractivity contribution is 6.35. The molecule has 20 heavy (non-hydrogen) atoms. The fourth-order valence-corrected chi connectivity index (χ4v) is 3.29. The Morgan fingerprint density at radius 2 is 2.15 bits per heavy atom. The predicted octanol–water partition coefficient (Wildman–Crippen LogP) is 4.11. The van der Waals surface area contributed by atoms with Crippen molar-refractivity contribution in [2.75, 3.05) is 0 Å². The molecule has 0 aromatic heterocycles. The summed E-state index contributed by atoms with van der Waals surface area (Å²) < 4.78 is 0. The quantitative estimate of drug-likeness (QED) is 0.913. The van der Waals surface area contributed by atoms with E-state index in [1.807, 2.05) is 13.8 Å². The standard InChI is InChI=1S/C15H16Cl2N2O/c1-9-6-15(7-9,8-18)14(20)19-10(2)12-4-3-11(16)5-13(12)17/h3-5,9-10H,6-7H2,1-2H3,(H,19,20). The third-order valence-corrected chi connectivity index (χ3v) is 4.38. The zero-order valence-electron chi connectivity index (χ0n) is 11.4. The van der Waals surface area contributed by atoms with Gasteiger partial charge in [-0.25, -0.2) is 0 Å². The van der Waals surface area contributed by atoms with E-state index in [1.165, 1.54) is 0 Å². The van der Waals surface area contributed by atoms with Gasteiger partial charge in [0.15, 0.2) is 0 Å². The number of carbonyl (C=O) groups excluding carboxylic acids is 1. The molecule has 0 saturated heterocycles. The monoisotopic (exact) mass is 310 g/mol. The van der Waals surface area contributed by atoms with Gasteiger partial charge in [0, 0.05) is 10.0 Å². The summed E-state index contributed by atoms with van der Waals surface area (Å²) in [7, 11) is 0. The molecule has 1 aliphatic rings. The molecule has 0 spiro atoms. The normalized spacial score (nSPS) is 26.2. The lowest BCUT2D eigenvalue weighted by molar-refractivity contribution is -0.134. The largest absolute Gasteiger partial charge is 0.348 e. The molecule has 1 aliphatic carbocycles.